The maximum absolute atomic E-state index is 11.0. The fourth-order valence-corrected chi connectivity index (χ4v) is 1.76. The molecule has 3 nitrogen and oxygen atoms in total. The molecule has 0 fully saturated rings. The Bertz CT molecular complexity index is 334. The SMILES string of the molecule is CN[C@H](C(N)=O)c1cc(Cl)cc(Cl)c1. The Morgan fingerprint density at radius 2 is 1.86 bits per heavy atom. The van der Waals surface area contributed by atoms with E-state index >= 15 is 0 Å². The molecule has 14 heavy (non-hydrogen) atoms. The molecule has 0 aliphatic carbocycles. The minimum atomic E-state index is -0.564. The summed E-state index contributed by atoms with van der Waals surface area (Å²) in [4.78, 5) is 11.0. The Labute approximate surface area is 92.2 Å². The molecule has 0 spiro atoms. The lowest BCUT2D eigenvalue weighted by molar-refractivity contribution is -0.120. The molecule has 76 valence electrons. The number of nitrogens with one attached hydrogen (secondary N) is 1. The molecule has 0 aliphatic rings. The Kier molecular flexibility index (Phi) is 3.75. The van der Waals surface area contributed by atoms with Crippen molar-refractivity contribution in [1.82, 2.24) is 5.32 Å². The number of hydrogen-bond acceptors (Lipinski definition) is 2. The van der Waals surface area contributed by atoms with Gasteiger partial charge >= 0.3 is 0 Å². The van der Waals surface area contributed by atoms with Crippen molar-refractivity contribution in [2.24, 2.45) is 5.73 Å². The van der Waals surface area contributed by atoms with E-state index in [4.69, 9.17) is 28.9 Å². The van der Waals surface area contributed by atoms with E-state index in [1.807, 2.05) is 0 Å². The fourth-order valence-electron chi connectivity index (χ4n) is 1.22. The van der Waals surface area contributed by atoms with E-state index in [0.717, 1.165) is 0 Å². The van der Waals surface area contributed by atoms with Gasteiger partial charge in [0.05, 0.1) is 0 Å². The number of carbonyl (C=O) groups is 1. The lowest BCUT2D eigenvalue weighted by atomic mass is 10.1. The van der Waals surface area contributed by atoms with Gasteiger partial charge in [-0.15, -0.1) is 0 Å². The molecule has 0 aliphatic heterocycles. The number of hydrogen-bond donors (Lipinski definition) is 2. The van der Waals surface area contributed by atoms with Crippen molar-refractivity contribution in [2.45, 2.75) is 6.04 Å². The molecule has 0 aromatic heterocycles. The molecule has 1 aromatic rings. The molecule has 1 amide bonds. The summed E-state index contributed by atoms with van der Waals surface area (Å²) in [5.74, 6) is -0.467. The molecular weight excluding hydrogens is 223 g/mol. The largest absolute Gasteiger partial charge is 0.368 e. The number of amides is 1. The van der Waals surface area contributed by atoms with Crippen molar-refractivity contribution in [3.63, 3.8) is 0 Å². The van der Waals surface area contributed by atoms with E-state index in [2.05, 4.69) is 5.32 Å². The van der Waals surface area contributed by atoms with Crippen molar-refractivity contribution in [3.05, 3.63) is 33.8 Å². The lowest BCUT2D eigenvalue weighted by Crippen LogP contribution is -2.31. The summed E-state index contributed by atoms with van der Waals surface area (Å²) in [7, 11) is 1.64. The van der Waals surface area contributed by atoms with Crippen LogP contribution in [0, 0.1) is 0 Å². The van der Waals surface area contributed by atoms with E-state index in [1.54, 1.807) is 25.2 Å². The third kappa shape index (κ3) is 2.61. The third-order valence-corrected chi connectivity index (χ3v) is 2.23. The highest BCUT2D eigenvalue weighted by Gasteiger charge is 2.15. The molecular formula is C9H10Cl2N2O. The van der Waals surface area contributed by atoms with Crippen LogP contribution in [0.2, 0.25) is 10.0 Å². The molecule has 0 heterocycles. The zero-order chi connectivity index (χ0) is 10.7. The number of carbonyl (C=O) groups excluding carboxylic acids is 1. The molecule has 3 N–H and O–H groups in total. The summed E-state index contributed by atoms with van der Waals surface area (Å²) in [5, 5.41) is 3.74. The quantitative estimate of drug-likeness (QED) is 0.835. The number of benzene rings is 1. The first kappa shape index (κ1) is 11.3. The van der Waals surface area contributed by atoms with Gasteiger partial charge in [-0.2, -0.15) is 0 Å². The summed E-state index contributed by atoms with van der Waals surface area (Å²) in [5.41, 5.74) is 5.86. The smallest absolute Gasteiger partial charge is 0.239 e. The average molecular weight is 233 g/mol. The van der Waals surface area contributed by atoms with Gasteiger partial charge in [-0.1, -0.05) is 23.2 Å². The van der Waals surface area contributed by atoms with Crippen LogP contribution in [0.5, 0.6) is 0 Å². The monoisotopic (exact) mass is 232 g/mol. The van der Waals surface area contributed by atoms with Gasteiger partial charge in [-0.3, -0.25) is 4.79 Å². The predicted molar refractivity (Wildman–Crippen MR) is 57.5 cm³/mol. The van der Waals surface area contributed by atoms with Crippen LogP contribution in [0.15, 0.2) is 18.2 Å². The summed E-state index contributed by atoms with van der Waals surface area (Å²) < 4.78 is 0. The summed E-state index contributed by atoms with van der Waals surface area (Å²) >= 11 is 11.6. The first-order valence-corrected chi connectivity index (χ1v) is 4.72. The second-order valence-electron chi connectivity index (χ2n) is 2.83. The van der Waals surface area contributed by atoms with Gasteiger partial charge in [-0.25, -0.2) is 0 Å². The van der Waals surface area contributed by atoms with E-state index in [-0.39, 0.29) is 0 Å². The number of likely N-dealkylation sites (N-methyl/N-ethyl adjacent to an activating group) is 1. The van der Waals surface area contributed by atoms with Crippen LogP contribution < -0.4 is 11.1 Å². The second-order valence-corrected chi connectivity index (χ2v) is 3.70. The van der Waals surface area contributed by atoms with Gasteiger partial charge in [-0.05, 0) is 30.8 Å². The third-order valence-electron chi connectivity index (χ3n) is 1.79. The van der Waals surface area contributed by atoms with Gasteiger partial charge in [0.15, 0.2) is 0 Å². The highest BCUT2D eigenvalue weighted by Crippen LogP contribution is 2.23. The molecule has 5 heteroatoms. The van der Waals surface area contributed by atoms with Crippen molar-refractivity contribution in [1.29, 1.82) is 0 Å². The van der Waals surface area contributed by atoms with Crippen LogP contribution in [0.4, 0.5) is 0 Å². The Hall–Kier alpha value is -0.770. The van der Waals surface area contributed by atoms with Crippen LogP contribution in [0.3, 0.4) is 0 Å². The molecule has 0 saturated heterocycles. The topological polar surface area (TPSA) is 55.1 Å². The molecule has 0 unspecified atom stereocenters. The van der Waals surface area contributed by atoms with E-state index in [0.29, 0.717) is 15.6 Å². The summed E-state index contributed by atoms with van der Waals surface area (Å²) in [6.45, 7) is 0. The summed E-state index contributed by atoms with van der Waals surface area (Å²) in [6.07, 6.45) is 0. The van der Waals surface area contributed by atoms with Gasteiger partial charge < -0.3 is 11.1 Å². The maximum Gasteiger partial charge on any atom is 0.239 e. The number of halogens is 2. The van der Waals surface area contributed by atoms with Gasteiger partial charge in [0.1, 0.15) is 6.04 Å². The minimum Gasteiger partial charge on any atom is -0.368 e. The molecule has 0 bridgehead atoms. The standard InChI is InChI=1S/C9H10Cl2N2O/c1-13-8(9(12)14)5-2-6(10)4-7(11)3-5/h2-4,8,13H,1H3,(H2,12,14)/t8-/m0/s1. The minimum absolute atomic E-state index is 0.467. The van der Waals surface area contributed by atoms with E-state index in [9.17, 15) is 4.79 Å². The first-order valence-electron chi connectivity index (χ1n) is 3.97. The molecule has 1 rings (SSSR count). The number of nitrogens with two attached hydrogens (primary N) is 1. The Balaban J connectivity index is 3.10. The van der Waals surface area contributed by atoms with Crippen molar-refractivity contribution in [3.8, 4) is 0 Å². The van der Waals surface area contributed by atoms with E-state index < -0.39 is 11.9 Å². The fraction of sp³-hybridized carbons (Fsp3) is 0.222. The van der Waals surface area contributed by atoms with Crippen LogP contribution in [-0.2, 0) is 4.79 Å². The Morgan fingerprint density at radius 3 is 2.21 bits per heavy atom. The second kappa shape index (κ2) is 4.64. The molecule has 0 radical (unpaired) electrons. The predicted octanol–water partition coefficient (Wildman–Crippen LogP) is 1.74. The zero-order valence-corrected chi connectivity index (χ0v) is 9.06. The highest BCUT2D eigenvalue weighted by atomic mass is 35.5. The Morgan fingerprint density at radius 1 is 1.36 bits per heavy atom. The molecule has 1 aromatic carbocycles. The maximum atomic E-state index is 11.0. The number of primary amides is 1. The van der Waals surface area contributed by atoms with Crippen LogP contribution >= 0.6 is 23.2 Å². The van der Waals surface area contributed by atoms with Crippen molar-refractivity contribution >= 4 is 29.1 Å². The average Bonchev–Trinajstić information content (AvgIpc) is 2.02. The highest BCUT2D eigenvalue weighted by molar-refractivity contribution is 6.34. The molecule has 0 saturated carbocycles. The van der Waals surface area contributed by atoms with Crippen LogP contribution in [0.25, 0.3) is 0 Å². The van der Waals surface area contributed by atoms with E-state index in [1.165, 1.54) is 0 Å². The number of rotatable bonds is 3. The lowest BCUT2D eigenvalue weighted by Gasteiger charge is -2.13. The first-order chi connectivity index (χ1) is 6.54. The zero-order valence-electron chi connectivity index (χ0n) is 7.55. The van der Waals surface area contributed by atoms with Gasteiger partial charge in [0, 0.05) is 10.0 Å². The van der Waals surface area contributed by atoms with Crippen LogP contribution in [-0.4, -0.2) is 13.0 Å². The van der Waals surface area contributed by atoms with Gasteiger partial charge in [0.2, 0.25) is 5.91 Å². The van der Waals surface area contributed by atoms with Crippen LogP contribution in [0.1, 0.15) is 11.6 Å². The summed E-state index contributed by atoms with van der Waals surface area (Å²) in [6, 6.07) is 4.34. The van der Waals surface area contributed by atoms with Crippen molar-refractivity contribution in [2.75, 3.05) is 7.05 Å². The van der Waals surface area contributed by atoms with Crippen molar-refractivity contribution < 1.29 is 4.79 Å². The normalized spacial score (nSPS) is 12.5. The molecule has 1 atom stereocenters. The van der Waals surface area contributed by atoms with Gasteiger partial charge in [0.25, 0.3) is 0 Å².